The molecule has 0 aliphatic carbocycles. The molecule has 2 unspecified atom stereocenters. The van der Waals surface area contributed by atoms with Crippen molar-refractivity contribution in [3.05, 3.63) is 0 Å². The number of unbranched alkanes of at least 4 members (excludes halogenated alkanes) is 5. The standard InChI is InChI=1S/C12H22N2O3/c1-2-3-4-5-6-7-8-14-12(16)10-9(17-10)11(13)15/h9-10H,2-8H2,1H3,(H2,13,15)(H,14,16). The van der Waals surface area contributed by atoms with E-state index in [0.29, 0.717) is 6.54 Å². The van der Waals surface area contributed by atoms with Crippen LogP contribution in [0.1, 0.15) is 45.4 Å². The Morgan fingerprint density at radius 2 is 1.76 bits per heavy atom. The minimum atomic E-state index is -0.709. The van der Waals surface area contributed by atoms with Crippen LogP contribution >= 0.6 is 0 Å². The van der Waals surface area contributed by atoms with E-state index in [1.807, 2.05) is 0 Å². The van der Waals surface area contributed by atoms with Crippen LogP contribution in [0.5, 0.6) is 0 Å². The van der Waals surface area contributed by atoms with Gasteiger partial charge in [-0.2, -0.15) is 0 Å². The Kier molecular flexibility index (Phi) is 5.97. The summed E-state index contributed by atoms with van der Waals surface area (Å²) in [5.74, 6) is -0.785. The molecule has 0 aromatic heterocycles. The third-order valence-electron chi connectivity index (χ3n) is 2.86. The fourth-order valence-corrected chi connectivity index (χ4v) is 1.75. The highest BCUT2D eigenvalue weighted by Crippen LogP contribution is 2.21. The number of carbonyl (C=O) groups is 2. The predicted octanol–water partition coefficient (Wildman–Crippen LogP) is 0.716. The van der Waals surface area contributed by atoms with Crippen molar-refractivity contribution >= 4 is 11.8 Å². The zero-order chi connectivity index (χ0) is 12.7. The van der Waals surface area contributed by atoms with E-state index >= 15 is 0 Å². The number of hydrogen-bond acceptors (Lipinski definition) is 3. The molecule has 0 bridgehead atoms. The number of amides is 2. The first kappa shape index (κ1) is 14.0. The minimum absolute atomic E-state index is 0.220. The van der Waals surface area contributed by atoms with Crippen LogP contribution in [0.15, 0.2) is 0 Å². The van der Waals surface area contributed by atoms with Gasteiger partial charge in [0, 0.05) is 6.54 Å². The zero-order valence-electron chi connectivity index (χ0n) is 10.4. The fraction of sp³-hybridized carbons (Fsp3) is 0.833. The summed E-state index contributed by atoms with van der Waals surface area (Å²) in [4.78, 5) is 22.1. The van der Waals surface area contributed by atoms with Gasteiger partial charge in [0.2, 0.25) is 5.91 Å². The third kappa shape index (κ3) is 5.17. The number of primary amides is 1. The SMILES string of the molecule is CCCCCCCCNC(=O)C1OC1C(N)=O. The smallest absolute Gasteiger partial charge is 0.252 e. The van der Waals surface area contributed by atoms with Gasteiger partial charge in [0.1, 0.15) is 0 Å². The average molecular weight is 242 g/mol. The van der Waals surface area contributed by atoms with E-state index in [-0.39, 0.29) is 5.91 Å². The Bertz CT molecular complexity index is 268. The van der Waals surface area contributed by atoms with Gasteiger partial charge in [0.25, 0.3) is 5.91 Å². The highest BCUT2D eigenvalue weighted by molar-refractivity contribution is 5.94. The molecule has 1 fully saturated rings. The molecular weight excluding hydrogens is 220 g/mol. The Morgan fingerprint density at radius 3 is 2.35 bits per heavy atom. The van der Waals surface area contributed by atoms with Gasteiger partial charge in [-0.3, -0.25) is 9.59 Å². The molecule has 1 rings (SSSR count). The minimum Gasteiger partial charge on any atom is -0.367 e. The molecule has 0 spiro atoms. The van der Waals surface area contributed by atoms with Gasteiger partial charge < -0.3 is 15.8 Å². The van der Waals surface area contributed by atoms with Crippen LogP contribution in [0.3, 0.4) is 0 Å². The van der Waals surface area contributed by atoms with Crippen LogP contribution in [0.25, 0.3) is 0 Å². The van der Waals surface area contributed by atoms with Gasteiger partial charge in [-0.05, 0) is 6.42 Å². The lowest BCUT2D eigenvalue weighted by molar-refractivity contribution is -0.123. The predicted molar refractivity (Wildman–Crippen MR) is 64.2 cm³/mol. The second-order valence-corrected chi connectivity index (χ2v) is 4.44. The van der Waals surface area contributed by atoms with E-state index in [1.54, 1.807) is 0 Å². The van der Waals surface area contributed by atoms with Crippen molar-refractivity contribution in [1.82, 2.24) is 5.32 Å². The van der Waals surface area contributed by atoms with Crippen molar-refractivity contribution in [3.63, 3.8) is 0 Å². The maximum absolute atomic E-state index is 11.4. The summed E-state index contributed by atoms with van der Waals surface area (Å²) in [5.41, 5.74) is 5.00. The van der Waals surface area contributed by atoms with E-state index in [4.69, 9.17) is 10.5 Å². The van der Waals surface area contributed by atoms with Crippen LogP contribution < -0.4 is 11.1 Å². The topological polar surface area (TPSA) is 84.7 Å². The second kappa shape index (κ2) is 7.27. The highest BCUT2D eigenvalue weighted by atomic mass is 16.6. The van der Waals surface area contributed by atoms with E-state index < -0.39 is 18.1 Å². The Hall–Kier alpha value is -1.10. The summed E-state index contributed by atoms with van der Waals surface area (Å²) in [6, 6.07) is 0. The molecule has 0 aromatic carbocycles. The Balaban J connectivity index is 1.93. The number of hydrogen-bond donors (Lipinski definition) is 2. The van der Waals surface area contributed by atoms with Crippen molar-refractivity contribution < 1.29 is 14.3 Å². The first-order chi connectivity index (χ1) is 8.16. The number of epoxide rings is 1. The molecular formula is C12H22N2O3. The number of nitrogens with two attached hydrogens (primary N) is 1. The molecule has 0 aromatic rings. The maximum Gasteiger partial charge on any atom is 0.252 e. The first-order valence-corrected chi connectivity index (χ1v) is 6.39. The lowest BCUT2D eigenvalue weighted by Crippen LogP contribution is -2.32. The van der Waals surface area contributed by atoms with Crippen LogP contribution in [-0.4, -0.2) is 30.6 Å². The average Bonchev–Trinajstić information content (AvgIpc) is 3.07. The lowest BCUT2D eigenvalue weighted by Gasteiger charge is -2.03. The summed E-state index contributed by atoms with van der Waals surface area (Å²) in [5, 5.41) is 2.75. The van der Waals surface area contributed by atoms with E-state index in [0.717, 1.165) is 12.8 Å². The largest absolute Gasteiger partial charge is 0.367 e. The second-order valence-electron chi connectivity index (χ2n) is 4.44. The van der Waals surface area contributed by atoms with Crippen molar-refractivity contribution in [3.8, 4) is 0 Å². The van der Waals surface area contributed by atoms with Crippen LogP contribution in [0.2, 0.25) is 0 Å². The van der Waals surface area contributed by atoms with Crippen LogP contribution in [0.4, 0.5) is 0 Å². The summed E-state index contributed by atoms with van der Waals surface area (Å²) < 4.78 is 4.86. The number of ether oxygens (including phenoxy) is 1. The molecule has 1 aliphatic heterocycles. The van der Waals surface area contributed by atoms with Gasteiger partial charge >= 0.3 is 0 Å². The molecule has 0 radical (unpaired) electrons. The molecule has 1 saturated heterocycles. The Morgan fingerprint density at radius 1 is 1.12 bits per heavy atom. The maximum atomic E-state index is 11.4. The molecule has 1 aliphatic rings. The lowest BCUT2D eigenvalue weighted by atomic mass is 10.1. The van der Waals surface area contributed by atoms with E-state index in [2.05, 4.69) is 12.2 Å². The van der Waals surface area contributed by atoms with Crippen molar-refractivity contribution in [2.24, 2.45) is 5.73 Å². The van der Waals surface area contributed by atoms with Gasteiger partial charge in [-0.15, -0.1) is 0 Å². The monoisotopic (exact) mass is 242 g/mol. The number of carbonyl (C=O) groups excluding carboxylic acids is 2. The quantitative estimate of drug-likeness (QED) is 0.461. The molecule has 0 saturated carbocycles. The van der Waals surface area contributed by atoms with Crippen molar-refractivity contribution in [2.75, 3.05) is 6.54 Å². The van der Waals surface area contributed by atoms with Crippen LogP contribution in [0, 0.1) is 0 Å². The van der Waals surface area contributed by atoms with Gasteiger partial charge in [0.05, 0.1) is 0 Å². The normalized spacial score (nSPS) is 22.2. The third-order valence-corrected chi connectivity index (χ3v) is 2.86. The van der Waals surface area contributed by atoms with Crippen molar-refractivity contribution in [1.29, 1.82) is 0 Å². The molecule has 17 heavy (non-hydrogen) atoms. The van der Waals surface area contributed by atoms with E-state index in [9.17, 15) is 9.59 Å². The molecule has 5 heteroatoms. The van der Waals surface area contributed by atoms with Crippen molar-refractivity contribution in [2.45, 2.75) is 57.7 Å². The first-order valence-electron chi connectivity index (χ1n) is 6.39. The van der Waals surface area contributed by atoms with E-state index in [1.165, 1.54) is 25.7 Å². The van der Waals surface area contributed by atoms with Crippen LogP contribution in [-0.2, 0) is 14.3 Å². The summed E-state index contributed by atoms with van der Waals surface area (Å²) in [7, 11) is 0. The van der Waals surface area contributed by atoms with Gasteiger partial charge in [-0.1, -0.05) is 39.0 Å². The van der Waals surface area contributed by atoms with Gasteiger partial charge in [0.15, 0.2) is 12.2 Å². The Labute approximate surface area is 102 Å². The summed E-state index contributed by atoms with van der Waals surface area (Å²) in [6.07, 6.45) is 5.75. The molecule has 2 atom stereocenters. The fourth-order valence-electron chi connectivity index (χ4n) is 1.75. The molecule has 98 valence electrons. The van der Waals surface area contributed by atoms with Gasteiger partial charge in [-0.25, -0.2) is 0 Å². The molecule has 2 amide bonds. The number of rotatable bonds is 9. The highest BCUT2D eigenvalue weighted by Gasteiger charge is 2.49. The molecule has 1 heterocycles. The zero-order valence-corrected chi connectivity index (χ0v) is 10.4. The summed E-state index contributed by atoms with van der Waals surface area (Å²) >= 11 is 0. The number of nitrogens with one attached hydrogen (secondary N) is 1. The summed E-state index contributed by atoms with van der Waals surface area (Å²) in [6.45, 7) is 2.83. The molecule has 5 nitrogen and oxygen atoms in total. The molecule has 3 N–H and O–H groups in total.